The van der Waals surface area contributed by atoms with Crippen LogP contribution in [-0.4, -0.2) is 52.9 Å². The number of ether oxygens (including phenoxy) is 2. The largest absolute Gasteiger partial charge is 0.382 e. The number of hydrogen-bond acceptors (Lipinski definition) is 5. The van der Waals surface area contributed by atoms with Gasteiger partial charge in [-0.05, 0) is 18.9 Å². The van der Waals surface area contributed by atoms with Gasteiger partial charge in [0, 0.05) is 45.2 Å². The molecule has 0 radical (unpaired) electrons. The summed E-state index contributed by atoms with van der Waals surface area (Å²) in [6, 6.07) is 2.23. The predicted octanol–water partition coefficient (Wildman–Crippen LogP) is 0.206. The Kier molecular flexibility index (Phi) is 5.77. The molecular weight excluding hydrogens is 294 g/mol. The van der Waals surface area contributed by atoms with Crippen molar-refractivity contribution in [1.29, 1.82) is 0 Å². The summed E-state index contributed by atoms with van der Waals surface area (Å²) in [5.74, 6) is 0. The van der Waals surface area contributed by atoms with Crippen molar-refractivity contribution >= 4 is 10.0 Å². The van der Waals surface area contributed by atoms with Crippen molar-refractivity contribution in [3.63, 3.8) is 0 Å². The zero-order valence-electron chi connectivity index (χ0n) is 12.4. The van der Waals surface area contributed by atoms with Gasteiger partial charge in [-0.25, -0.2) is 13.1 Å². The second kappa shape index (κ2) is 7.37. The first-order valence-corrected chi connectivity index (χ1v) is 8.45. The molecular formula is C13H23N3O4S. The lowest BCUT2D eigenvalue weighted by molar-refractivity contribution is 0.0320. The van der Waals surface area contributed by atoms with Crippen molar-refractivity contribution < 1.29 is 17.9 Å². The van der Waals surface area contributed by atoms with Gasteiger partial charge in [-0.15, -0.1) is 0 Å². The lowest BCUT2D eigenvalue weighted by Gasteiger charge is -2.14. The molecule has 1 heterocycles. The molecule has 0 aromatic carbocycles. The van der Waals surface area contributed by atoms with Crippen molar-refractivity contribution in [2.45, 2.75) is 36.4 Å². The molecule has 1 aliphatic rings. The van der Waals surface area contributed by atoms with E-state index in [1.54, 1.807) is 13.2 Å². The highest BCUT2D eigenvalue weighted by Crippen LogP contribution is 2.19. The molecule has 1 aromatic rings. The van der Waals surface area contributed by atoms with Crippen molar-refractivity contribution in [3.05, 3.63) is 18.0 Å². The van der Waals surface area contributed by atoms with Gasteiger partial charge in [-0.1, -0.05) is 0 Å². The molecule has 0 amide bonds. The fourth-order valence-electron chi connectivity index (χ4n) is 1.90. The fourth-order valence-corrected chi connectivity index (χ4v) is 2.98. The summed E-state index contributed by atoms with van der Waals surface area (Å²) in [4.78, 5) is 3.22. The molecule has 21 heavy (non-hydrogen) atoms. The number of hydrogen-bond donors (Lipinski definition) is 3. The monoisotopic (exact) mass is 317 g/mol. The van der Waals surface area contributed by atoms with Gasteiger partial charge < -0.3 is 19.8 Å². The summed E-state index contributed by atoms with van der Waals surface area (Å²) in [5.41, 5.74) is 0.863. The molecule has 0 spiro atoms. The van der Waals surface area contributed by atoms with Crippen LogP contribution in [0.1, 0.15) is 18.5 Å². The first-order valence-electron chi connectivity index (χ1n) is 6.97. The van der Waals surface area contributed by atoms with Crippen LogP contribution >= 0.6 is 0 Å². The maximum Gasteiger partial charge on any atom is 0.242 e. The van der Waals surface area contributed by atoms with Gasteiger partial charge in [0.1, 0.15) is 0 Å². The Hall–Kier alpha value is -0.930. The Morgan fingerprint density at radius 2 is 2.19 bits per heavy atom. The van der Waals surface area contributed by atoms with E-state index in [-0.39, 0.29) is 17.5 Å². The molecule has 2 rings (SSSR count). The Labute approximate surface area is 125 Å². The third-order valence-electron chi connectivity index (χ3n) is 3.37. The predicted molar refractivity (Wildman–Crippen MR) is 78.5 cm³/mol. The maximum atomic E-state index is 12.2. The Balaban J connectivity index is 1.88. The van der Waals surface area contributed by atoms with Gasteiger partial charge in [-0.3, -0.25) is 0 Å². The molecule has 0 bridgehead atoms. The average Bonchev–Trinajstić information content (AvgIpc) is 3.17. The second-order valence-electron chi connectivity index (χ2n) is 5.18. The molecule has 1 aromatic heterocycles. The van der Waals surface area contributed by atoms with Crippen LogP contribution in [-0.2, 0) is 26.0 Å². The zero-order valence-corrected chi connectivity index (χ0v) is 13.2. The van der Waals surface area contributed by atoms with E-state index in [0.29, 0.717) is 19.2 Å². The average molecular weight is 317 g/mol. The van der Waals surface area contributed by atoms with Gasteiger partial charge in [0.2, 0.25) is 10.0 Å². The van der Waals surface area contributed by atoms with E-state index < -0.39 is 10.0 Å². The van der Waals surface area contributed by atoms with E-state index in [1.165, 1.54) is 26.1 Å². The van der Waals surface area contributed by atoms with Crippen LogP contribution in [0, 0.1) is 0 Å². The zero-order chi connectivity index (χ0) is 15.3. The van der Waals surface area contributed by atoms with Crippen LogP contribution < -0.4 is 10.0 Å². The van der Waals surface area contributed by atoms with E-state index in [0.717, 1.165) is 5.69 Å². The lowest BCUT2D eigenvalue weighted by Crippen LogP contribution is -2.35. The Morgan fingerprint density at radius 1 is 1.43 bits per heavy atom. The van der Waals surface area contributed by atoms with Crippen LogP contribution in [0.5, 0.6) is 0 Å². The molecule has 3 N–H and O–H groups in total. The minimum atomic E-state index is -3.53. The summed E-state index contributed by atoms with van der Waals surface area (Å²) in [7, 11) is -0.459. The molecule has 1 aliphatic carbocycles. The van der Waals surface area contributed by atoms with Gasteiger partial charge in [-0.2, -0.15) is 0 Å². The first-order chi connectivity index (χ1) is 10.0. The van der Waals surface area contributed by atoms with Crippen molar-refractivity contribution in [2.75, 3.05) is 27.4 Å². The summed E-state index contributed by atoms with van der Waals surface area (Å²) in [5, 5.41) is 3.33. The number of rotatable bonds is 10. The minimum Gasteiger partial charge on any atom is -0.382 e. The van der Waals surface area contributed by atoms with Gasteiger partial charge >= 0.3 is 0 Å². The minimum absolute atomic E-state index is 0.174. The molecule has 7 nitrogen and oxygen atoms in total. The van der Waals surface area contributed by atoms with Gasteiger partial charge in [0.15, 0.2) is 0 Å². The number of H-pyrrole nitrogens is 1. The third-order valence-corrected chi connectivity index (χ3v) is 4.78. The molecule has 1 unspecified atom stereocenters. The normalized spacial score (nSPS) is 17.0. The fraction of sp³-hybridized carbons (Fsp3) is 0.692. The van der Waals surface area contributed by atoms with Crippen LogP contribution in [0.2, 0.25) is 0 Å². The standard InChI is InChI=1S/C13H23N3O4S/c1-19-9-12(20-2)7-16-21(17,18)13-5-11(15-8-13)6-14-10-3-4-10/h5,8,10,12,14-16H,3-4,6-7,9H2,1-2H3. The van der Waals surface area contributed by atoms with E-state index in [1.807, 2.05) is 0 Å². The van der Waals surface area contributed by atoms with Gasteiger partial charge in [0.25, 0.3) is 0 Å². The van der Waals surface area contributed by atoms with Gasteiger partial charge in [0.05, 0.1) is 17.6 Å². The SMILES string of the molecule is COCC(CNS(=O)(=O)c1c[nH]c(CNC2CC2)c1)OC. The van der Waals surface area contributed by atoms with Crippen molar-refractivity contribution in [3.8, 4) is 0 Å². The molecule has 1 fully saturated rings. The van der Waals surface area contributed by atoms with Crippen LogP contribution in [0.3, 0.4) is 0 Å². The maximum absolute atomic E-state index is 12.2. The molecule has 8 heteroatoms. The summed E-state index contributed by atoms with van der Waals surface area (Å²) < 4.78 is 37.0. The molecule has 0 aliphatic heterocycles. The molecule has 1 saturated carbocycles. The van der Waals surface area contributed by atoms with E-state index in [4.69, 9.17) is 9.47 Å². The Bertz CT molecular complexity index is 539. The number of methoxy groups -OCH3 is 2. The number of aromatic amines is 1. The molecule has 1 atom stereocenters. The highest BCUT2D eigenvalue weighted by atomic mass is 32.2. The first kappa shape index (κ1) is 16.4. The van der Waals surface area contributed by atoms with Crippen molar-refractivity contribution in [1.82, 2.24) is 15.0 Å². The van der Waals surface area contributed by atoms with E-state index >= 15 is 0 Å². The number of sulfonamides is 1. The van der Waals surface area contributed by atoms with Crippen LogP contribution in [0.15, 0.2) is 17.2 Å². The van der Waals surface area contributed by atoms with Crippen molar-refractivity contribution in [2.24, 2.45) is 0 Å². The number of nitrogens with one attached hydrogen (secondary N) is 3. The number of aromatic nitrogens is 1. The Morgan fingerprint density at radius 3 is 2.81 bits per heavy atom. The summed E-state index contributed by atoms with van der Waals surface area (Å²) in [6.07, 6.45) is 3.60. The molecule has 120 valence electrons. The second-order valence-corrected chi connectivity index (χ2v) is 6.95. The van der Waals surface area contributed by atoms with E-state index in [9.17, 15) is 8.42 Å². The molecule has 0 saturated heterocycles. The van der Waals surface area contributed by atoms with Crippen LogP contribution in [0.25, 0.3) is 0 Å². The highest BCUT2D eigenvalue weighted by Gasteiger charge is 2.21. The summed E-state index contributed by atoms with van der Waals surface area (Å²) in [6.45, 7) is 1.17. The van der Waals surface area contributed by atoms with E-state index in [2.05, 4.69) is 15.0 Å². The lowest BCUT2D eigenvalue weighted by atomic mass is 10.4. The summed E-state index contributed by atoms with van der Waals surface area (Å²) >= 11 is 0. The third kappa shape index (κ3) is 5.08. The topological polar surface area (TPSA) is 92.5 Å². The quantitative estimate of drug-likeness (QED) is 0.573. The smallest absolute Gasteiger partial charge is 0.242 e. The van der Waals surface area contributed by atoms with Crippen LogP contribution in [0.4, 0.5) is 0 Å². The highest BCUT2D eigenvalue weighted by molar-refractivity contribution is 7.89.